The first-order valence-corrected chi connectivity index (χ1v) is 6.46. The normalized spacial score (nSPS) is 24.2. The number of nitrogens with one attached hydrogen (secondary N) is 1. The Morgan fingerprint density at radius 2 is 2.26 bits per heavy atom. The molecule has 1 amide bonds. The monoisotopic (exact) mass is 266 g/mol. The van der Waals surface area contributed by atoms with Crippen LogP contribution in [-0.2, 0) is 0 Å². The number of hydrogen-bond acceptors (Lipinski definition) is 2. The van der Waals surface area contributed by atoms with Gasteiger partial charge in [0.2, 0.25) is 0 Å². The molecule has 1 saturated heterocycles. The van der Waals surface area contributed by atoms with Gasteiger partial charge in [-0.3, -0.25) is 0 Å². The summed E-state index contributed by atoms with van der Waals surface area (Å²) >= 11 is 0. The van der Waals surface area contributed by atoms with Crippen molar-refractivity contribution in [2.75, 3.05) is 7.05 Å². The Bertz CT molecular complexity index is 467. The average molecular weight is 266 g/mol. The van der Waals surface area contributed by atoms with Crippen molar-refractivity contribution in [2.24, 2.45) is 0 Å². The maximum Gasteiger partial charge on any atom is 0.407 e. The van der Waals surface area contributed by atoms with Crippen molar-refractivity contribution in [1.29, 1.82) is 0 Å². The third-order valence-electron chi connectivity index (χ3n) is 3.93. The van der Waals surface area contributed by atoms with Crippen LogP contribution in [0.15, 0.2) is 24.3 Å². The summed E-state index contributed by atoms with van der Waals surface area (Å²) < 4.78 is 13.2. The second kappa shape index (κ2) is 5.57. The zero-order valence-corrected chi connectivity index (χ0v) is 11.1. The highest BCUT2D eigenvalue weighted by molar-refractivity contribution is 5.65. The van der Waals surface area contributed by atoms with Crippen molar-refractivity contribution < 1.29 is 14.3 Å². The molecule has 2 N–H and O–H groups in total. The fourth-order valence-corrected chi connectivity index (χ4v) is 2.58. The molecule has 19 heavy (non-hydrogen) atoms. The molecule has 1 aromatic rings. The van der Waals surface area contributed by atoms with Crippen LogP contribution in [0.5, 0.6) is 0 Å². The predicted molar refractivity (Wildman–Crippen MR) is 70.5 cm³/mol. The molecule has 3 atom stereocenters. The maximum absolute atomic E-state index is 13.2. The molecular formula is C14H19FN2O2. The summed E-state index contributed by atoms with van der Waals surface area (Å²) in [6.07, 6.45) is 0.856. The Kier molecular flexibility index (Phi) is 4.04. The van der Waals surface area contributed by atoms with Crippen LogP contribution in [0.1, 0.15) is 31.4 Å². The molecule has 104 valence electrons. The summed E-state index contributed by atoms with van der Waals surface area (Å²) in [5, 5.41) is 12.4. The van der Waals surface area contributed by atoms with E-state index in [1.165, 1.54) is 17.0 Å². The van der Waals surface area contributed by atoms with E-state index in [-0.39, 0.29) is 23.9 Å². The lowest BCUT2D eigenvalue weighted by Gasteiger charge is -2.28. The van der Waals surface area contributed by atoms with E-state index in [1.54, 1.807) is 13.1 Å². The number of carboxylic acid groups (broad SMARTS) is 1. The largest absolute Gasteiger partial charge is 0.465 e. The number of nitrogens with zero attached hydrogens (tertiary/aromatic N) is 1. The van der Waals surface area contributed by atoms with Gasteiger partial charge < -0.3 is 15.3 Å². The minimum absolute atomic E-state index is 0.101. The number of likely N-dealkylation sites (N-methyl/N-ethyl adjacent to an activating group) is 1. The first-order chi connectivity index (χ1) is 8.99. The van der Waals surface area contributed by atoms with Crippen LogP contribution >= 0.6 is 0 Å². The fourth-order valence-electron chi connectivity index (χ4n) is 2.58. The molecule has 1 aliphatic rings. The molecule has 4 nitrogen and oxygen atoms in total. The Labute approximate surface area is 112 Å². The summed E-state index contributed by atoms with van der Waals surface area (Å²) in [5.41, 5.74) is 0.924. The van der Waals surface area contributed by atoms with E-state index in [2.05, 4.69) is 5.32 Å². The van der Waals surface area contributed by atoms with Gasteiger partial charge in [0.25, 0.3) is 0 Å². The summed E-state index contributed by atoms with van der Waals surface area (Å²) in [7, 11) is 1.57. The van der Waals surface area contributed by atoms with E-state index in [0.29, 0.717) is 0 Å². The smallest absolute Gasteiger partial charge is 0.407 e. The maximum atomic E-state index is 13.2. The van der Waals surface area contributed by atoms with Gasteiger partial charge in [0, 0.05) is 25.2 Å². The van der Waals surface area contributed by atoms with Crippen molar-refractivity contribution in [3.05, 3.63) is 35.6 Å². The number of amides is 1. The molecule has 1 aromatic carbocycles. The topological polar surface area (TPSA) is 52.6 Å². The van der Waals surface area contributed by atoms with E-state index in [0.717, 1.165) is 18.4 Å². The Balaban J connectivity index is 2.02. The highest BCUT2D eigenvalue weighted by Gasteiger charge is 2.32. The van der Waals surface area contributed by atoms with Crippen LogP contribution in [0.25, 0.3) is 0 Å². The Hall–Kier alpha value is -1.62. The lowest BCUT2D eigenvalue weighted by Crippen LogP contribution is -2.46. The lowest BCUT2D eigenvalue weighted by molar-refractivity contribution is 0.132. The molecule has 2 rings (SSSR count). The summed E-state index contributed by atoms with van der Waals surface area (Å²) in [6, 6.07) is 6.67. The van der Waals surface area contributed by atoms with Crippen LogP contribution in [0.4, 0.5) is 9.18 Å². The van der Waals surface area contributed by atoms with E-state index < -0.39 is 6.09 Å². The molecule has 0 bridgehead atoms. The fraction of sp³-hybridized carbons (Fsp3) is 0.500. The third-order valence-corrected chi connectivity index (χ3v) is 3.93. The van der Waals surface area contributed by atoms with Gasteiger partial charge in [-0.05, 0) is 37.5 Å². The molecule has 5 heteroatoms. The Morgan fingerprint density at radius 1 is 1.53 bits per heavy atom. The van der Waals surface area contributed by atoms with Gasteiger partial charge in [-0.2, -0.15) is 0 Å². The zero-order chi connectivity index (χ0) is 14.0. The van der Waals surface area contributed by atoms with E-state index in [1.807, 2.05) is 13.0 Å². The second-order valence-corrected chi connectivity index (χ2v) is 5.09. The summed E-state index contributed by atoms with van der Waals surface area (Å²) in [4.78, 5) is 12.3. The molecule has 0 saturated carbocycles. The lowest BCUT2D eigenvalue weighted by atomic mass is 10.0. The quantitative estimate of drug-likeness (QED) is 0.884. The number of halogens is 1. The van der Waals surface area contributed by atoms with Gasteiger partial charge >= 0.3 is 6.09 Å². The standard InChI is InChI=1S/C14H19FN2O2/c1-9(17(2)14(18)19)12-6-7-13(16-12)10-4-3-5-11(15)8-10/h3-5,8-9,12-13,16H,6-7H2,1-2H3,(H,18,19)/t9-,12+,13-/m0/s1. The minimum Gasteiger partial charge on any atom is -0.465 e. The number of carbonyl (C=O) groups is 1. The van der Waals surface area contributed by atoms with Gasteiger partial charge in [0.15, 0.2) is 0 Å². The second-order valence-electron chi connectivity index (χ2n) is 5.09. The number of benzene rings is 1. The molecule has 1 heterocycles. The number of hydrogen-bond donors (Lipinski definition) is 2. The highest BCUT2D eigenvalue weighted by atomic mass is 19.1. The van der Waals surface area contributed by atoms with Crippen molar-refractivity contribution in [3.8, 4) is 0 Å². The van der Waals surface area contributed by atoms with Gasteiger partial charge in [-0.15, -0.1) is 0 Å². The van der Waals surface area contributed by atoms with Gasteiger partial charge in [0.05, 0.1) is 0 Å². The predicted octanol–water partition coefficient (Wildman–Crippen LogP) is 2.62. The van der Waals surface area contributed by atoms with Crippen LogP contribution in [0, 0.1) is 5.82 Å². The molecular weight excluding hydrogens is 247 g/mol. The molecule has 1 aliphatic heterocycles. The zero-order valence-electron chi connectivity index (χ0n) is 11.1. The van der Waals surface area contributed by atoms with Crippen LogP contribution in [-0.4, -0.2) is 35.2 Å². The molecule has 1 fully saturated rings. The summed E-state index contributed by atoms with van der Waals surface area (Å²) in [5.74, 6) is -0.238. The summed E-state index contributed by atoms with van der Waals surface area (Å²) in [6.45, 7) is 1.89. The average Bonchev–Trinajstić information content (AvgIpc) is 2.86. The van der Waals surface area contributed by atoms with Gasteiger partial charge in [0.1, 0.15) is 5.82 Å². The first-order valence-electron chi connectivity index (χ1n) is 6.46. The molecule has 0 unspecified atom stereocenters. The van der Waals surface area contributed by atoms with Crippen molar-refractivity contribution >= 4 is 6.09 Å². The molecule has 0 radical (unpaired) electrons. The van der Waals surface area contributed by atoms with E-state index in [4.69, 9.17) is 5.11 Å². The van der Waals surface area contributed by atoms with Crippen molar-refractivity contribution in [2.45, 2.75) is 37.9 Å². The SMILES string of the molecule is C[C@@H]([C@H]1CC[C@@H](c2cccc(F)c2)N1)N(C)C(=O)O. The van der Waals surface area contributed by atoms with Crippen LogP contribution in [0.3, 0.4) is 0 Å². The van der Waals surface area contributed by atoms with Gasteiger partial charge in [-0.1, -0.05) is 12.1 Å². The Morgan fingerprint density at radius 3 is 2.89 bits per heavy atom. The number of rotatable bonds is 3. The van der Waals surface area contributed by atoms with Gasteiger partial charge in [-0.25, -0.2) is 9.18 Å². The molecule has 0 spiro atoms. The molecule has 0 aromatic heterocycles. The first kappa shape index (κ1) is 13.8. The molecule has 0 aliphatic carbocycles. The third kappa shape index (κ3) is 3.04. The van der Waals surface area contributed by atoms with E-state index >= 15 is 0 Å². The van der Waals surface area contributed by atoms with Crippen molar-refractivity contribution in [1.82, 2.24) is 10.2 Å². The van der Waals surface area contributed by atoms with Crippen molar-refractivity contribution in [3.63, 3.8) is 0 Å². The van der Waals surface area contributed by atoms with E-state index in [9.17, 15) is 9.18 Å². The van der Waals surface area contributed by atoms with Crippen LogP contribution in [0.2, 0.25) is 0 Å². The minimum atomic E-state index is -0.927. The van der Waals surface area contributed by atoms with Crippen LogP contribution < -0.4 is 5.32 Å². The highest BCUT2D eigenvalue weighted by Crippen LogP contribution is 2.29.